The standard InChI is InChI=1S/C6H15NO2/c1-6(9)7-4-2-3-5-8/h6-9H,2-5H2,1H3. The Hall–Kier alpha value is -0.120. The molecule has 0 aliphatic carbocycles. The molecule has 1 unspecified atom stereocenters. The fourth-order valence-electron chi connectivity index (χ4n) is 0.548. The van der Waals surface area contributed by atoms with E-state index in [0.29, 0.717) is 0 Å². The van der Waals surface area contributed by atoms with E-state index in [0.717, 1.165) is 19.4 Å². The Morgan fingerprint density at radius 1 is 1.44 bits per heavy atom. The molecular formula is C6H15NO2. The molecule has 0 saturated carbocycles. The van der Waals surface area contributed by atoms with Gasteiger partial charge in [0.2, 0.25) is 0 Å². The molecular weight excluding hydrogens is 118 g/mol. The summed E-state index contributed by atoms with van der Waals surface area (Å²) in [6.45, 7) is 2.69. The molecule has 56 valence electrons. The lowest BCUT2D eigenvalue weighted by Crippen LogP contribution is -2.26. The van der Waals surface area contributed by atoms with Crippen LogP contribution in [0.3, 0.4) is 0 Å². The van der Waals surface area contributed by atoms with E-state index in [4.69, 9.17) is 10.2 Å². The second-order valence-corrected chi connectivity index (χ2v) is 2.06. The Morgan fingerprint density at radius 2 is 2.11 bits per heavy atom. The summed E-state index contributed by atoms with van der Waals surface area (Å²) in [5, 5.41) is 19.8. The monoisotopic (exact) mass is 133 g/mol. The number of hydrogen-bond acceptors (Lipinski definition) is 3. The van der Waals surface area contributed by atoms with Crippen LogP contribution in [-0.4, -0.2) is 29.6 Å². The van der Waals surface area contributed by atoms with Gasteiger partial charge in [0.05, 0.1) is 0 Å². The zero-order valence-corrected chi connectivity index (χ0v) is 5.80. The van der Waals surface area contributed by atoms with Crippen molar-refractivity contribution in [2.45, 2.75) is 26.0 Å². The van der Waals surface area contributed by atoms with E-state index in [-0.39, 0.29) is 6.61 Å². The number of hydrogen-bond donors (Lipinski definition) is 3. The van der Waals surface area contributed by atoms with Gasteiger partial charge >= 0.3 is 0 Å². The van der Waals surface area contributed by atoms with Crippen molar-refractivity contribution in [1.29, 1.82) is 0 Å². The number of rotatable bonds is 5. The van der Waals surface area contributed by atoms with Crippen molar-refractivity contribution in [1.82, 2.24) is 5.32 Å². The number of aliphatic hydroxyl groups excluding tert-OH is 2. The van der Waals surface area contributed by atoms with Gasteiger partial charge in [0, 0.05) is 6.61 Å². The summed E-state index contributed by atoms with van der Waals surface area (Å²) in [5.74, 6) is 0. The Bertz CT molecular complexity index is 57.0. The van der Waals surface area contributed by atoms with E-state index in [1.165, 1.54) is 0 Å². The Kier molecular flexibility index (Phi) is 5.93. The van der Waals surface area contributed by atoms with E-state index >= 15 is 0 Å². The van der Waals surface area contributed by atoms with E-state index in [9.17, 15) is 0 Å². The summed E-state index contributed by atoms with van der Waals surface area (Å²) in [7, 11) is 0. The van der Waals surface area contributed by atoms with Crippen LogP contribution in [0.15, 0.2) is 0 Å². The van der Waals surface area contributed by atoms with Gasteiger partial charge in [0.1, 0.15) is 6.23 Å². The molecule has 3 heteroatoms. The van der Waals surface area contributed by atoms with E-state index < -0.39 is 6.23 Å². The Morgan fingerprint density at radius 3 is 2.56 bits per heavy atom. The topological polar surface area (TPSA) is 52.5 Å². The predicted octanol–water partition coefficient (Wildman–Crippen LogP) is -0.313. The molecule has 0 radical (unpaired) electrons. The quantitative estimate of drug-likeness (QED) is 0.356. The molecule has 0 aliphatic rings. The summed E-state index contributed by atoms with van der Waals surface area (Å²) in [5.41, 5.74) is 0. The third kappa shape index (κ3) is 7.88. The average Bonchev–Trinajstić information content (AvgIpc) is 1.80. The van der Waals surface area contributed by atoms with E-state index in [1.54, 1.807) is 6.92 Å². The maximum absolute atomic E-state index is 8.68. The first kappa shape index (κ1) is 8.88. The van der Waals surface area contributed by atoms with Crippen LogP contribution in [-0.2, 0) is 0 Å². The minimum Gasteiger partial charge on any atom is -0.396 e. The first-order chi connectivity index (χ1) is 4.27. The normalized spacial score (nSPS) is 13.7. The van der Waals surface area contributed by atoms with Crippen LogP contribution in [0, 0.1) is 0 Å². The first-order valence-corrected chi connectivity index (χ1v) is 3.29. The van der Waals surface area contributed by atoms with Crippen LogP contribution in [0.1, 0.15) is 19.8 Å². The molecule has 0 rings (SSSR count). The van der Waals surface area contributed by atoms with Crippen LogP contribution < -0.4 is 5.32 Å². The molecule has 9 heavy (non-hydrogen) atoms. The van der Waals surface area contributed by atoms with Crippen LogP contribution >= 0.6 is 0 Å². The molecule has 0 fully saturated rings. The largest absolute Gasteiger partial charge is 0.396 e. The molecule has 0 aromatic heterocycles. The van der Waals surface area contributed by atoms with Crippen molar-refractivity contribution in [3.63, 3.8) is 0 Å². The second kappa shape index (κ2) is 6.01. The summed E-state index contributed by atoms with van der Waals surface area (Å²) in [6, 6.07) is 0. The minimum absolute atomic E-state index is 0.238. The highest BCUT2D eigenvalue weighted by atomic mass is 16.3. The average molecular weight is 133 g/mol. The van der Waals surface area contributed by atoms with Crippen molar-refractivity contribution >= 4 is 0 Å². The van der Waals surface area contributed by atoms with Gasteiger partial charge in [-0.15, -0.1) is 0 Å². The zero-order valence-electron chi connectivity index (χ0n) is 5.80. The van der Waals surface area contributed by atoms with Crippen LogP contribution in [0.2, 0.25) is 0 Å². The van der Waals surface area contributed by atoms with E-state index in [1.807, 2.05) is 0 Å². The SMILES string of the molecule is CC(O)NCCCCO. The van der Waals surface area contributed by atoms with Crippen LogP contribution in [0.25, 0.3) is 0 Å². The van der Waals surface area contributed by atoms with Crippen molar-refractivity contribution in [2.75, 3.05) is 13.2 Å². The molecule has 0 amide bonds. The molecule has 1 atom stereocenters. The number of aliphatic hydroxyl groups is 2. The molecule has 0 bridgehead atoms. The summed E-state index contributed by atoms with van der Waals surface area (Å²) < 4.78 is 0. The summed E-state index contributed by atoms with van der Waals surface area (Å²) >= 11 is 0. The molecule has 0 saturated heterocycles. The van der Waals surface area contributed by atoms with Gasteiger partial charge in [0.25, 0.3) is 0 Å². The molecule has 0 aromatic carbocycles. The fraction of sp³-hybridized carbons (Fsp3) is 1.00. The summed E-state index contributed by atoms with van der Waals surface area (Å²) in [4.78, 5) is 0. The number of nitrogens with one attached hydrogen (secondary N) is 1. The summed E-state index contributed by atoms with van der Waals surface area (Å²) in [6.07, 6.45) is 1.30. The van der Waals surface area contributed by atoms with Crippen molar-refractivity contribution < 1.29 is 10.2 Å². The lowest BCUT2D eigenvalue weighted by Gasteiger charge is -2.04. The molecule has 0 aromatic rings. The van der Waals surface area contributed by atoms with Crippen molar-refractivity contribution in [2.24, 2.45) is 0 Å². The zero-order chi connectivity index (χ0) is 7.11. The van der Waals surface area contributed by atoms with E-state index in [2.05, 4.69) is 5.32 Å². The van der Waals surface area contributed by atoms with Gasteiger partial charge in [-0.2, -0.15) is 0 Å². The minimum atomic E-state index is -0.427. The van der Waals surface area contributed by atoms with Gasteiger partial charge < -0.3 is 10.2 Å². The van der Waals surface area contributed by atoms with Gasteiger partial charge in [0.15, 0.2) is 0 Å². The maximum Gasteiger partial charge on any atom is 0.102 e. The predicted molar refractivity (Wildman–Crippen MR) is 36.0 cm³/mol. The molecule has 0 aliphatic heterocycles. The van der Waals surface area contributed by atoms with Crippen LogP contribution in [0.5, 0.6) is 0 Å². The molecule has 0 spiro atoms. The van der Waals surface area contributed by atoms with Gasteiger partial charge in [-0.1, -0.05) is 0 Å². The third-order valence-corrected chi connectivity index (χ3v) is 1.02. The highest BCUT2D eigenvalue weighted by Gasteiger charge is 1.90. The smallest absolute Gasteiger partial charge is 0.102 e. The fourth-order valence-corrected chi connectivity index (χ4v) is 0.548. The lowest BCUT2D eigenvalue weighted by molar-refractivity contribution is 0.155. The molecule has 3 N–H and O–H groups in total. The number of unbranched alkanes of at least 4 members (excludes halogenated alkanes) is 1. The molecule has 0 heterocycles. The highest BCUT2D eigenvalue weighted by Crippen LogP contribution is 1.83. The van der Waals surface area contributed by atoms with Crippen LogP contribution in [0.4, 0.5) is 0 Å². The third-order valence-electron chi connectivity index (χ3n) is 1.02. The second-order valence-electron chi connectivity index (χ2n) is 2.06. The van der Waals surface area contributed by atoms with Gasteiger partial charge in [-0.25, -0.2) is 0 Å². The maximum atomic E-state index is 8.68. The van der Waals surface area contributed by atoms with Crippen molar-refractivity contribution in [3.8, 4) is 0 Å². The highest BCUT2D eigenvalue weighted by molar-refractivity contribution is 4.46. The van der Waals surface area contributed by atoms with Gasteiger partial charge in [-0.3, -0.25) is 5.32 Å². The molecule has 3 nitrogen and oxygen atoms in total. The lowest BCUT2D eigenvalue weighted by atomic mass is 10.3. The Balaban J connectivity index is 2.75. The Labute approximate surface area is 55.7 Å². The van der Waals surface area contributed by atoms with Crippen molar-refractivity contribution in [3.05, 3.63) is 0 Å². The van der Waals surface area contributed by atoms with Gasteiger partial charge in [-0.05, 0) is 26.3 Å². The first-order valence-electron chi connectivity index (χ1n) is 3.29.